The number of hydrogen-bond acceptors (Lipinski definition) is 6. The second-order valence-electron chi connectivity index (χ2n) is 7.04. The van der Waals surface area contributed by atoms with Crippen molar-refractivity contribution in [1.29, 1.82) is 0 Å². The van der Waals surface area contributed by atoms with Crippen LogP contribution in [-0.4, -0.2) is 61.0 Å². The highest BCUT2D eigenvalue weighted by Crippen LogP contribution is 2.55. The Labute approximate surface area is 135 Å². The number of nitrogens with zero attached hydrogens (tertiary/aromatic N) is 4. The van der Waals surface area contributed by atoms with Crippen molar-refractivity contribution in [2.75, 3.05) is 32.6 Å². The summed E-state index contributed by atoms with van der Waals surface area (Å²) in [6.45, 7) is 1.09. The van der Waals surface area contributed by atoms with Gasteiger partial charge in [0.2, 0.25) is 5.89 Å². The molecule has 1 aromatic heterocycles. The molecule has 23 heavy (non-hydrogen) atoms. The summed E-state index contributed by atoms with van der Waals surface area (Å²) in [5, 5.41) is 6.75. The second-order valence-corrected chi connectivity index (χ2v) is 7.04. The van der Waals surface area contributed by atoms with Gasteiger partial charge in [0.1, 0.15) is 0 Å². The molecule has 126 valence electrons. The number of methoxy groups -OCH3 is 1. The molecule has 5 unspecified atom stereocenters. The number of carbonyl (C=O) groups is 1. The van der Waals surface area contributed by atoms with Crippen molar-refractivity contribution in [3.05, 3.63) is 5.89 Å². The first-order chi connectivity index (χ1) is 11.1. The van der Waals surface area contributed by atoms with Gasteiger partial charge in [-0.3, -0.25) is 0 Å². The van der Waals surface area contributed by atoms with Crippen LogP contribution in [-0.2, 0) is 11.3 Å². The van der Waals surface area contributed by atoms with Crippen molar-refractivity contribution < 1.29 is 14.1 Å². The van der Waals surface area contributed by atoms with Crippen LogP contribution in [0.1, 0.15) is 18.7 Å². The molecule has 2 bridgehead atoms. The lowest BCUT2D eigenvalue weighted by atomic mass is 9.88. The van der Waals surface area contributed by atoms with Crippen LogP contribution < -0.4 is 10.2 Å². The zero-order valence-electron chi connectivity index (χ0n) is 13.7. The van der Waals surface area contributed by atoms with E-state index in [1.165, 1.54) is 12.8 Å². The normalized spacial score (nSPS) is 34.2. The predicted octanol–water partition coefficient (Wildman–Crippen LogP) is 0.700. The predicted molar refractivity (Wildman–Crippen MR) is 81.9 cm³/mol. The number of nitrogens with one attached hydrogen (secondary N) is 1. The van der Waals surface area contributed by atoms with Gasteiger partial charge in [0.15, 0.2) is 0 Å². The second kappa shape index (κ2) is 5.36. The molecule has 0 aromatic carbocycles. The maximum absolute atomic E-state index is 12.6. The van der Waals surface area contributed by atoms with E-state index in [2.05, 4.69) is 15.5 Å². The molecule has 2 amide bonds. The van der Waals surface area contributed by atoms with Gasteiger partial charge < -0.3 is 24.4 Å². The van der Waals surface area contributed by atoms with E-state index in [1.807, 2.05) is 19.0 Å². The zero-order valence-corrected chi connectivity index (χ0v) is 13.7. The van der Waals surface area contributed by atoms with E-state index in [4.69, 9.17) is 9.26 Å². The van der Waals surface area contributed by atoms with Crippen LogP contribution in [0, 0.1) is 17.8 Å². The maximum Gasteiger partial charge on any atom is 0.318 e. The fourth-order valence-corrected chi connectivity index (χ4v) is 4.71. The Balaban J connectivity index is 1.39. The molecule has 2 aliphatic carbocycles. The molecule has 0 radical (unpaired) electrons. The number of aromatic nitrogens is 2. The molecule has 2 saturated carbocycles. The Bertz CT molecular complexity index is 602. The summed E-state index contributed by atoms with van der Waals surface area (Å²) in [6.07, 6.45) is 2.58. The molecule has 0 spiro atoms. The number of ether oxygens (including phenoxy) is 1. The van der Waals surface area contributed by atoms with Gasteiger partial charge in [0.05, 0.1) is 18.7 Å². The molecule has 8 nitrogen and oxygen atoms in total. The molecular formula is C15H23N5O3. The van der Waals surface area contributed by atoms with Crippen LogP contribution in [0.15, 0.2) is 4.52 Å². The van der Waals surface area contributed by atoms with E-state index in [9.17, 15) is 4.79 Å². The summed E-state index contributed by atoms with van der Waals surface area (Å²) >= 11 is 0. The fraction of sp³-hybridized carbons (Fsp3) is 0.800. The lowest BCUT2D eigenvalue weighted by Crippen LogP contribution is -2.48. The highest BCUT2D eigenvalue weighted by atomic mass is 16.5. The third-order valence-corrected chi connectivity index (χ3v) is 5.60. The van der Waals surface area contributed by atoms with Gasteiger partial charge in [0, 0.05) is 27.7 Å². The monoisotopic (exact) mass is 321 g/mol. The molecule has 4 rings (SSSR count). The van der Waals surface area contributed by atoms with Gasteiger partial charge in [0.25, 0.3) is 5.95 Å². The first kappa shape index (κ1) is 14.7. The maximum atomic E-state index is 12.6. The Morgan fingerprint density at radius 1 is 1.43 bits per heavy atom. The number of anilines is 1. The average molecular weight is 321 g/mol. The fourth-order valence-electron chi connectivity index (χ4n) is 4.71. The smallest absolute Gasteiger partial charge is 0.318 e. The lowest BCUT2D eigenvalue weighted by Gasteiger charge is -2.31. The summed E-state index contributed by atoms with van der Waals surface area (Å²) in [7, 11) is 5.44. The number of urea groups is 1. The minimum Gasteiger partial charge on any atom is -0.379 e. The number of fused-ring (bicyclic) bond motifs is 1. The Hall–Kier alpha value is -1.83. The quantitative estimate of drug-likeness (QED) is 0.879. The number of carbonyl (C=O) groups excluding carboxylic acids is 1. The zero-order chi connectivity index (χ0) is 16.1. The molecule has 1 aromatic rings. The van der Waals surface area contributed by atoms with Crippen LogP contribution in [0.4, 0.5) is 10.7 Å². The lowest BCUT2D eigenvalue weighted by molar-refractivity contribution is 0.0189. The van der Waals surface area contributed by atoms with Crippen molar-refractivity contribution >= 4 is 12.0 Å². The summed E-state index contributed by atoms with van der Waals surface area (Å²) in [5.74, 6) is 2.80. The highest BCUT2D eigenvalue weighted by molar-refractivity contribution is 5.75. The molecule has 1 N–H and O–H groups in total. The van der Waals surface area contributed by atoms with Gasteiger partial charge in [-0.25, -0.2) is 4.79 Å². The number of hydrogen-bond donors (Lipinski definition) is 1. The SMILES string of the molecule is COC1C2CC3CN(C(=O)NCc4nc(N(C)C)no4)C1C3C2. The van der Waals surface area contributed by atoms with Gasteiger partial charge in [-0.05, 0) is 35.8 Å². The Morgan fingerprint density at radius 2 is 2.26 bits per heavy atom. The van der Waals surface area contributed by atoms with Crippen molar-refractivity contribution in [2.45, 2.75) is 31.5 Å². The first-order valence-corrected chi connectivity index (χ1v) is 8.15. The average Bonchev–Trinajstić information content (AvgIpc) is 3.23. The molecule has 3 aliphatic rings. The number of amides is 2. The molecular weight excluding hydrogens is 298 g/mol. The third kappa shape index (κ3) is 2.27. The summed E-state index contributed by atoms with van der Waals surface area (Å²) in [4.78, 5) is 20.5. The van der Waals surface area contributed by atoms with E-state index in [0.29, 0.717) is 29.6 Å². The first-order valence-electron chi connectivity index (χ1n) is 8.15. The van der Waals surface area contributed by atoms with Gasteiger partial charge >= 0.3 is 6.03 Å². The number of rotatable bonds is 4. The largest absolute Gasteiger partial charge is 0.379 e. The van der Waals surface area contributed by atoms with E-state index in [0.717, 1.165) is 6.54 Å². The number of likely N-dealkylation sites (tertiary alicyclic amines) is 1. The van der Waals surface area contributed by atoms with Crippen molar-refractivity contribution in [3.63, 3.8) is 0 Å². The van der Waals surface area contributed by atoms with E-state index in [-0.39, 0.29) is 24.7 Å². The summed E-state index contributed by atoms with van der Waals surface area (Å²) in [6, 6.07) is 0.167. The van der Waals surface area contributed by atoms with Crippen molar-refractivity contribution in [3.8, 4) is 0 Å². The van der Waals surface area contributed by atoms with Crippen LogP contribution in [0.25, 0.3) is 0 Å². The van der Waals surface area contributed by atoms with Gasteiger partial charge in [-0.2, -0.15) is 4.98 Å². The topological polar surface area (TPSA) is 83.7 Å². The van der Waals surface area contributed by atoms with Crippen LogP contribution in [0.2, 0.25) is 0 Å². The van der Waals surface area contributed by atoms with Gasteiger partial charge in [-0.15, -0.1) is 0 Å². The molecule has 5 atom stereocenters. The van der Waals surface area contributed by atoms with Crippen LogP contribution in [0.3, 0.4) is 0 Å². The molecule has 1 aliphatic heterocycles. The van der Waals surface area contributed by atoms with Crippen LogP contribution in [0.5, 0.6) is 0 Å². The summed E-state index contributed by atoms with van der Waals surface area (Å²) in [5.41, 5.74) is 0. The summed E-state index contributed by atoms with van der Waals surface area (Å²) < 4.78 is 10.8. The molecule has 3 fully saturated rings. The van der Waals surface area contributed by atoms with Crippen molar-refractivity contribution in [2.24, 2.45) is 17.8 Å². The van der Waals surface area contributed by atoms with Crippen LogP contribution >= 0.6 is 0 Å². The van der Waals surface area contributed by atoms with E-state index >= 15 is 0 Å². The standard InChI is InChI=1S/C15H23N5O3/c1-19(2)14-17-11(23-18-14)6-16-15(21)20-7-9-4-8-5-10(9)12(20)13(8)22-3/h8-10,12-13H,4-7H2,1-3H3,(H,16,21). The van der Waals surface area contributed by atoms with Crippen molar-refractivity contribution in [1.82, 2.24) is 20.4 Å². The highest BCUT2D eigenvalue weighted by Gasteiger charge is 2.60. The molecule has 8 heteroatoms. The minimum atomic E-state index is -0.0586. The minimum absolute atomic E-state index is 0.0586. The van der Waals surface area contributed by atoms with E-state index < -0.39 is 0 Å². The Kier molecular flexibility index (Phi) is 3.44. The third-order valence-electron chi connectivity index (χ3n) is 5.60. The Morgan fingerprint density at radius 3 is 2.96 bits per heavy atom. The van der Waals surface area contributed by atoms with E-state index in [1.54, 1.807) is 12.0 Å². The van der Waals surface area contributed by atoms with Gasteiger partial charge in [-0.1, -0.05) is 0 Å². The molecule has 2 heterocycles. The molecule has 1 saturated heterocycles.